The fourth-order valence-electron chi connectivity index (χ4n) is 2.34. The van der Waals surface area contributed by atoms with Crippen molar-refractivity contribution in [2.45, 2.75) is 26.5 Å². The van der Waals surface area contributed by atoms with E-state index < -0.39 is 0 Å². The summed E-state index contributed by atoms with van der Waals surface area (Å²) in [5.41, 5.74) is 2.31. The van der Waals surface area contributed by atoms with E-state index in [1.165, 1.54) is 11.3 Å². The smallest absolute Gasteiger partial charge is 0.270 e. The molecule has 1 N–H and O–H groups in total. The number of nitrogens with one attached hydrogen (secondary N) is 1. The summed E-state index contributed by atoms with van der Waals surface area (Å²) in [5.74, 6) is 0.577. The van der Waals surface area contributed by atoms with E-state index in [1.54, 1.807) is 17.5 Å². The number of hydrogen-bond donors (Lipinski definition) is 1. The third kappa shape index (κ3) is 5.22. The second-order valence-corrected chi connectivity index (χ2v) is 7.90. The highest BCUT2D eigenvalue weighted by Gasteiger charge is 2.12. The van der Waals surface area contributed by atoms with Crippen LogP contribution in [0.4, 0.5) is 0 Å². The van der Waals surface area contributed by atoms with E-state index in [-0.39, 0.29) is 11.9 Å². The molecule has 0 fully saturated rings. The molecule has 7 heteroatoms. The number of amides is 1. The first kappa shape index (κ1) is 19.7. The molecule has 0 atom stereocenters. The number of thiazole rings is 1. The molecule has 1 aromatic heterocycles. The van der Waals surface area contributed by atoms with Gasteiger partial charge in [-0.3, -0.25) is 4.79 Å². The Bertz CT molecular complexity index is 939. The van der Waals surface area contributed by atoms with Gasteiger partial charge in [-0.15, -0.1) is 11.3 Å². The predicted molar refractivity (Wildman–Crippen MR) is 111 cm³/mol. The van der Waals surface area contributed by atoms with E-state index in [0.29, 0.717) is 22.3 Å². The molecule has 0 bridgehead atoms. The van der Waals surface area contributed by atoms with Crippen molar-refractivity contribution >= 4 is 40.4 Å². The zero-order valence-electron chi connectivity index (χ0n) is 14.8. The van der Waals surface area contributed by atoms with Crippen LogP contribution in [0.3, 0.4) is 0 Å². The van der Waals surface area contributed by atoms with Gasteiger partial charge < -0.3 is 10.1 Å². The second-order valence-electron chi connectivity index (χ2n) is 6.23. The van der Waals surface area contributed by atoms with Crippen molar-refractivity contribution in [1.29, 1.82) is 0 Å². The molecular weight excluding hydrogens is 403 g/mol. The minimum atomic E-state index is -0.158. The van der Waals surface area contributed by atoms with E-state index in [0.717, 1.165) is 21.9 Å². The highest BCUT2D eigenvalue weighted by atomic mass is 35.5. The zero-order chi connectivity index (χ0) is 19.4. The zero-order valence-corrected chi connectivity index (χ0v) is 17.2. The topological polar surface area (TPSA) is 51.2 Å². The maximum atomic E-state index is 12.0. The molecule has 0 radical (unpaired) electrons. The number of carbonyl (C=O) groups excluding carboxylic acids is 1. The van der Waals surface area contributed by atoms with Crippen LogP contribution in [0.25, 0.3) is 10.6 Å². The highest BCUT2D eigenvalue weighted by Crippen LogP contribution is 2.27. The highest BCUT2D eigenvalue weighted by molar-refractivity contribution is 7.13. The van der Waals surface area contributed by atoms with Crippen molar-refractivity contribution in [2.75, 3.05) is 0 Å². The first-order chi connectivity index (χ1) is 12.9. The Labute approximate surface area is 172 Å². The van der Waals surface area contributed by atoms with Gasteiger partial charge in [-0.25, -0.2) is 4.98 Å². The lowest BCUT2D eigenvalue weighted by molar-refractivity contribution is 0.0939. The third-order valence-electron chi connectivity index (χ3n) is 3.65. The minimum absolute atomic E-state index is 0.0783. The Morgan fingerprint density at radius 3 is 2.56 bits per heavy atom. The normalized spacial score (nSPS) is 10.9. The largest absolute Gasteiger partial charge is 0.489 e. The molecule has 27 heavy (non-hydrogen) atoms. The number of aromatic nitrogens is 1. The van der Waals surface area contributed by atoms with Gasteiger partial charge in [0, 0.05) is 17.0 Å². The van der Waals surface area contributed by atoms with Crippen LogP contribution in [-0.2, 0) is 6.61 Å². The lowest BCUT2D eigenvalue weighted by atomic mass is 10.2. The van der Waals surface area contributed by atoms with Gasteiger partial charge in [0.15, 0.2) is 0 Å². The summed E-state index contributed by atoms with van der Waals surface area (Å²) in [6.07, 6.45) is 0. The van der Waals surface area contributed by atoms with Crippen molar-refractivity contribution in [3.8, 4) is 16.3 Å². The standard InChI is InChI=1S/C20H18Cl2N2O2S/c1-12(2)23-19(25)18-11-27-20(24-18)14-4-6-15(7-5-14)26-10-13-3-8-16(21)17(22)9-13/h3-9,11-12H,10H2,1-2H3,(H,23,25). The van der Waals surface area contributed by atoms with E-state index >= 15 is 0 Å². The molecule has 4 nitrogen and oxygen atoms in total. The molecule has 0 saturated heterocycles. The summed E-state index contributed by atoms with van der Waals surface area (Å²) in [6, 6.07) is 13.1. The summed E-state index contributed by atoms with van der Waals surface area (Å²) in [6.45, 7) is 4.23. The van der Waals surface area contributed by atoms with Gasteiger partial charge in [-0.1, -0.05) is 29.3 Å². The molecule has 1 amide bonds. The van der Waals surface area contributed by atoms with Crippen LogP contribution >= 0.6 is 34.5 Å². The van der Waals surface area contributed by atoms with E-state index in [1.807, 2.05) is 44.2 Å². The first-order valence-electron chi connectivity index (χ1n) is 8.36. The molecule has 0 spiro atoms. The Morgan fingerprint density at radius 1 is 1.15 bits per heavy atom. The molecule has 0 unspecified atom stereocenters. The van der Waals surface area contributed by atoms with Gasteiger partial charge in [-0.05, 0) is 55.8 Å². The quantitative estimate of drug-likeness (QED) is 0.545. The second kappa shape index (κ2) is 8.74. The molecular formula is C20H18Cl2N2O2S. The van der Waals surface area contributed by atoms with Crippen molar-refractivity contribution in [2.24, 2.45) is 0 Å². The van der Waals surface area contributed by atoms with Crippen LogP contribution in [0, 0.1) is 0 Å². The molecule has 140 valence electrons. The fraction of sp³-hybridized carbons (Fsp3) is 0.200. The van der Waals surface area contributed by atoms with Crippen molar-refractivity contribution in [1.82, 2.24) is 10.3 Å². The number of ether oxygens (including phenoxy) is 1. The van der Waals surface area contributed by atoms with Crippen LogP contribution in [0.15, 0.2) is 47.8 Å². The lowest BCUT2D eigenvalue weighted by Crippen LogP contribution is -2.30. The van der Waals surface area contributed by atoms with Gasteiger partial charge in [0.2, 0.25) is 0 Å². The number of carbonyl (C=O) groups is 1. The van der Waals surface area contributed by atoms with E-state index in [9.17, 15) is 4.79 Å². The molecule has 3 aromatic rings. The van der Waals surface area contributed by atoms with Gasteiger partial charge in [0.05, 0.1) is 10.0 Å². The first-order valence-corrected chi connectivity index (χ1v) is 9.99. The van der Waals surface area contributed by atoms with Crippen LogP contribution in [0.2, 0.25) is 10.0 Å². The molecule has 0 aliphatic heterocycles. The number of benzene rings is 2. The Morgan fingerprint density at radius 2 is 1.89 bits per heavy atom. The third-order valence-corrected chi connectivity index (χ3v) is 5.28. The fourth-order valence-corrected chi connectivity index (χ4v) is 3.46. The minimum Gasteiger partial charge on any atom is -0.489 e. The number of rotatable bonds is 6. The molecule has 0 aliphatic rings. The van der Waals surface area contributed by atoms with Gasteiger partial charge in [-0.2, -0.15) is 0 Å². The number of halogens is 2. The van der Waals surface area contributed by atoms with Gasteiger partial charge >= 0.3 is 0 Å². The van der Waals surface area contributed by atoms with E-state index in [2.05, 4.69) is 10.3 Å². The number of nitrogens with zero attached hydrogens (tertiary/aromatic N) is 1. The van der Waals surface area contributed by atoms with Crippen molar-refractivity contribution in [3.05, 3.63) is 69.1 Å². The average Bonchev–Trinajstić information content (AvgIpc) is 3.13. The SMILES string of the molecule is CC(C)NC(=O)c1csc(-c2ccc(OCc3ccc(Cl)c(Cl)c3)cc2)n1. The van der Waals surface area contributed by atoms with Crippen LogP contribution in [-0.4, -0.2) is 16.9 Å². The summed E-state index contributed by atoms with van der Waals surface area (Å²) in [4.78, 5) is 16.4. The van der Waals surface area contributed by atoms with Crippen molar-refractivity contribution < 1.29 is 9.53 Å². The Hall–Kier alpha value is -2.08. The Kier molecular flexibility index (Phi) is 6.37. The maximum Gasteiger partial charge on any atom is 0.270 e. The summed E-state index contributed by atoms with van der Waals surface area (Å²) >= 11 is 13.4. The summed E-state index contributed by atoms with van der Waals surface area (Å²) in [5, 5.41) is 6.43. The molecule has 3 rings (SSSR count). The Balaban J connectivity index is 1.64. The van der Waals surface area contributed by atoms with Crippen LogP contribution < -0.4 is 10.1 Å². The van der Waals surface area contributed by atoms with E-state index in [4.69, 9.17) is 27.9 Å². The molecule has 1 heterocycles. The monoisotopic (exact) mass is 420 g/mol. The van der Waals surface area contributed by atoms with Gasteiger partial charge in [0.1, 0.15) is 23.1 Å². The molecule has 2 aromatic carbocycles. The average molecular weight is 421 g/mol. The summed E-state index contributed by atoms with van der Waals surface area (Å²) < 4.78 is 5.78. The molecule has 0 saturated carbocycles. The van der Waals surface area contributed by atoms with Crippen LogP contribution in [0.1, 0.15) is 29.9 Å². The summed E-state index contributed by atoms with van der Waals surface area (Å²) in [7, 11) is 0. The maximum absolute atomic E-state index is 12.0. The number of hydrogen-bond acceptors (Lipinski definition) is 4. The van der Waals surface area contributed by atoms with Gasteiger partial charge in [0.25, 0.3) is 5.91 Å². The molecule has 0 aliphatic carbocycles. The van der Waals surface area contributed by atoms with Crippen LogP contribution in [0.5, 0.6) is 5.75 Å². The van der Waals surface area contributed by atoms with Crippen molar-refractivity contribution in [3.63, 3.8) is 0 Å². The lowest BCUT2D eigenvalue weighted by Gasteiger charge is -2.08. The predicted octanol–water partition coefficient (Wildman–Crippen LogP) is 5.83.